The number of nitrogens with zero attached hydrogens (tertiary/aromatic N) is 7. The zero-order valence-electron chi connectivity index (χ0n) is 54.7. The highest BCUT2D eigenvalue weighted by Gasteiger charge is 2.26. The summed E-state index contributed by atoms with van der Waals surface area (Å²) in [6.07, 6.45) is 17.0. The molecule has 12 heterocycles. The number of fused-ring (bicyclic) bond motifs is 4. The topological polar surface area (TPSA) is 375 Å². The van der Waals surface area contributed by atoms with E-state index < -0.39 is 0 Å². The molecule has 5 aromatic carbocycles. The molecule has 12 N–H and O–H groups in total. The van der Waals surface area contributed by atoms with Crippen molar-refractivity contribution >= 4 is 229 Å². The number of furan rings is 3. The Morgan fingerprint density at radius 1 is 0.509 bits per heavy atom. The highest BCUT2D eigenvalue weighted by atomic mass is 32.2. The number of benzene rings is 5. The molecule has 0 radical (unpaired) electrons. The van der Waals surface area contributed by atoms with Gasteiger partial charge in [0.15, 0.2) is 31.6 Å². The van der Waals surface area contributed by atoms with Crippen LogP contribution < -0.4 is 34.0 Å². The maximum Gasteiger partial charge on any atom is 0.286 e. The number of thioether (sulfide) groups is 5. The highest BCUT2D eigenvalue weighted by molar-refractivity contribution is 8.27. The number of aromatic hydroxyl groups is 1. The molecule has 0 saturated carbocycles. The van der Waals surface area contributed by atoms with E-state index in [1.54, 1.807) is 48.0 Å². The molecule has 0 atom stereocenters. The molecule has 22 nitrogen and oxygen atoms in total. The fraction of sp³-hybridized carbons (Fsp3) is 0.0132. The third-order valence-electron chi connectivity index (χ3n) is 15.0. The second kappa shape index (κ2) is 33.4. The van der Waals surface area contributed by atoms with Gasteiger partial charge >= 0.3 is 0 Å². The van der Waals surface area contributed by atoms with Gasteiger partial charge in [-0.2, -0.15) is 25.0 Å². The van der Waals surface area contributed by atoms with Gasteiger partial charge in [-0.25, -0.2) is 0 Å². The standard InChI is InChI=1S/C14H10N2OS2.C13H9N3O2S.C13H10N2OS.C12H9N3OS.C12H8N2O2S.C12H7NO2S2/c15-14-16-13(17)12(19-14)8-10-6-7-11(18-10)9-4-2-1-3-5-9;14-13-16-12(17)11(19-13)7-8-4-5-10(18-8)9-3-1-2-6-15-9;14-13-15-12(16)11(17-13)7-8-5-9-3-1-2-4-10(9)6-8;13-12-15-11(16)10(17-12)5-7-6-14-9-4-2-1-3-8(7)9;13-12-14-11(15)10(17-12)6-8-5-7-3-1-2-4-9(7)16-8;14-11-10(17-12(16)13-11)6-8-5-7-3-1-2-4-9(7)15-8/h1-8H,(H2,15,16,17);1-7H,(H2,14,16,17);1-5,7H,6H2,(H2,14,15,16);1-6,16H,(H2,13,15);1-6H,(H2,13,14,15);1-6H,(H,13,14,16)/b12-8-;2*11-7-;;2*10-6-. The lowest BCUT2D eigenvalue weighted by molar-refractivity contribution is -0.115. The molecule has 1 saturated heterocycles. The maximum absolute atomic E-state index is 11.5. The minimum absolute atomic E-state index is 0.0298. The Kier molecular flexibility index (Phi) is 22.9. The zero-order chi connectivity index (χ0) is 73.8. The monoisotopic (exact) mass is 1550 g/mol. The molecule has 30 heteroatoms. The van der Waals surface area contributed by atoms with Crippen molar-refractivity contribution < 1.29 is 42.3 Å². The van der Waals surface area contributed by atoms with E-state index in [1.807, 2.05) is 164 Å². The van der Waals surface area contributed by atoms with Crippen LogP contribution in [0.15, 0.2) is 263 Å². The number of carbonyl (C=O) groups is 5. The number of nitrogen functional groups attached to an aromatic ring is 1. The Morgan fingerprint density at radius 3 is 1.63 bits per heavy atom. The van der Waals surface area contributed by atoms with Gasteiger partial charge in [-0.1, -0.05) is 157 Å². The van der Waals surface area contributed by atoms with Crippen molar-refractivity contribution in [3.63, 3.8) is 0 Å². The molecular weight excluding hydrogens is 1500 g/mol. The van der Waals surface area contributed by atoms with Crippen LogP contribution in [0.5, 0.6) is 5.88 Å². The fourth-order valence-corrected chi connectivity index (χ4v) is 15.8. The first-order chi connectivity index (χ1) is 51.3. The lowest BCUT2D eigenvalue weighted by Crippen LogP contribution is -2.17. The quantitative estimate of drug-likeness (QED) is 0.0549. The Labute approximate surface area is 637 Å². The van der Waals surface area contributed by atoms with Crippen LogP contribution in [0, 0.1) is 0 Å². The lowest BCUT2D eigenvalue weighted by Gasteiger charge is -1.97. The van der Waals surface area contributed by atoms with Crippen LogP contribution in [0.1, 0.15) is 43.7 Å². The van der Waals surface area contributed by atoms with E-state index in [2.05, 4.69) is 76.7 Å². The smallest absolute Gasteiger partial charge is 0.286 e. The van der Waals surface area contributed by atoms with Gasteiger partial charge in [0.1, 0.15) is 38.5 Å². The summed E-state index contributed by atoms with van der Waals surface area (Å²) in [5, 5.41) is 15.7. The van der Waals surface area contributed by atoms with E-state index in [4.69, 9.17) is 54.1 Å². The number of aliphatic imine (C=N–C) groups is 5. The first kappa shape index (κ1) is 72.6. The van der Waals surface area contributed by atoms with Gasteiger partial charge in [-0.05, 0) is 161 Å². The van der Waals surface area contributed by atoms with Gasteiger partial charge < -0.3 is 52.3 Å². The van der Waals surface area contributed by atoms with E-state index >= 15 is 0 Å². The van der Waals surface area contributed by atoms with Crippen LogP contribution in [0.2, 0.25) is 0 Å². The van der Waals surface area contributed by atoms with Crippen molar-refractivity contribution in [2.24, 2.45) is 47.9 Å². The second-order valence-corrected chi connectivity index (χ2v) is 30.5. The molecule has 106 heavy (non-hydrogen) atoms. The van der Waals surface area contributed by atoms with E-state index in [-0.39, 0.29) is 45.8 Å². The summed E-state index contributed by atoms with van der Waals surface area (Å²) in [7, 11) is 0. The largest absolute Gasteiger partial charge is 0.492 e. The second-order valence-electron chi connectivity index (χ2n) is 22.4. The molecule has 6 aliphatic heterocycles. The molecular formula is C76H53N13O9S8. The minimum atomic E-state index is -0.335. The number of thiocarbonyl (C=S) groups is 1. The number of pyridine rings is 1. The number of para-hydroxylation sites is 3. The number of amides is 5. The van der Waals surface area contributed by atoms with Gasteiger partial charge in [0.25, 0.3) is 29.5 Å². The molecule has 0 bridgehead atoms. The summed E-state index contributed by atoms with van der Waals surface area (Å²) in [6.45, 7) is 0. The molecule has 0 unspecified atom stereocenters. The summed E-state index contributed by atoms with van der Waals surface area (Å²) in [5.41, 5.74) is 37.6. The molecule has 1 aliphatic carbocycles. The normalized spacial score (nSPS) is 17.6. The van der Waals surface area contributed by atoms with Gasteiger partial charge in [-0.15, -0.1) is 11.3 Å². The summed E-state index contributed by atoms with van der Waals surface area (Å²) >= 11 is 13.8. The van der Waals surface area contributed by atoms with E-state index in [9.17, 15) is 29.1 Å². The van der Waals surface area contributed by atoms with Crippen molar-refractivity contribution in [1.82, 2.24) is 15.3 Å². The molecule has 5 amide bonds. The van der Waals surface area contributed by atoms with Crippen molar-refractivity contribution in [3.8, 4) is 27.8 Å². The van der Waals surface area contributed by atoms with Crippen molar-refractivity contribution in [1.29, 1.82) is 0 Å². The van der Waals surface area contributed by atoms with Crippen molar-refractivity contribution in [3.05, 3.63) is 268 Å². The van der Waals surface area contributed by atoms with Crippen LogP contribution in [0.4, 0.5) is 10.8 Å². The number of hydrogen-bond donors (Lipinski definition) is 7. The number of rotatable bonds is 8. The average molecular weight is 1550 g/mol. The summed E-state index contributed by atoms with van der Waals surface area (Å²) in [6, 6.07) is 58.6. The molecule has 524 valence electrons. The van der Waals surface area contributed by atoms with Crippen molar-refractivity contribution in [2.45, 2.75) is 6.42 Å². The summed E-state index contributed by atoms with van der Waals surface area (Å²) < 4.78 is 17.3. The number of nitrogens with one attached hydrogen (secondary N) is 1. The zero-order valence-corrected chi connectivity index (χ0v) is 61.3. The first-order valence-corrected chi connectivity index (χ1v) is 37.6. The van der Waals surface area contributed by atoms with Crippen LogP contribution in [-0.4, -0.2) is 75.8 Å². The number of anilines is 1. The average Bonchev–Trinajstić information content (AvgIpc) is 1.70. The molecule has 6 aromatic heterocycles. The summed E-state index contributed by atoms with van der Waals surface area (Å²) in [4.78, 5) is 89.8. The third kappa shape index (κ3) is 18.6. The first-order valence-electron chi connectivity index (χ1n) is 31.4. The number of hydrogen-bond acceptors (Lipinski definition) is 25. The van der Waals surface area contributed by atoms with Gasteiger partial charge in [0.2, 0.25) is 5.88 Å². The highest BCUT2D eigenvalue weighted by Crippen LogP contribution is 2.38. The summed E-state index contributed by atoms with van der Waals surface area (Å²) in [5.74, 6) is 1.18. The van der Waals surface area contributed by atoms with Crippen LogP contribution >= 0.6 is 93.7 Å². The fourth-order valence-electron chi connectivity index (χ4n) is 10.3. The van der Waals surface area contributed by atoms with Crippen LogP contribution in [-0.2, 0) is 30.4 Å². The van der Waals surface area contributed by atoms with Crippen molar-refractivity contribution in [2.75, 3.05) is 5.73 Å². The molecule has 11 aromatic rings. The number of carbonyl (C=O) groups excluding carboxylic acids is 5. The number of thiazole rings is 1. The van der Waals surface area contributed by atoms with E-state index in [1.165, 1.54) is 68.2 Å². The SMILES string of the molecule is NC1=NC(=O)/C(=C/C2=Cc3ccccc3C2)S1.NC1=NC(=O)/C(=C/c2cc3ccccc3o2)S1.NC1=NC(=O)/C(=C/c2ccc(-c3ccccc3)s2)S1.NC1=NC(=O)/C(=C/c2ccc(-c3ccccn3)o2)S1.Nc1nc(O)c(C=C2C=Nc3ccccc32)s1.O=C1NC(=S)S/C1=C\c1cc2ccccc2o1. The predicted molar refractivity (Wildman–Crippen MR) is 438 cm³/mol. The number of thiophene rings is 1. The molecule has 1 fully saturated rings. The minimum Gasteiger partial charge on any atom is -0.492 e. The number of amidine groups is 4. The Morgan fingerprint density at radius 2 is 1.07 bits per heavy atom. The maximum atomic E-state index is 11.5. The van der Waals surface area contributed by atoms with Crippen LogP contribution in [0.3, 0.4) is 0 Å². The molecule has 18 rings (SSSR count). The third-order valence-corrected chi connectivity index (χ3v) is 21.3. The van der Waals surface area contributed by atoms with Gasteiger partial charge in [-0.3, -0.25) is 33.9 Å². The molecule has 7 aliphatic rings. The lowest BCUT2D eigenvalue weighted by atomic mass is 10.1. The number of aromatic nitrogens is 2. The van der Waals surface area contributed by atoms with E-state index in [0.717, 1.165) is 84.9 Å². The molecule has 0 spiro atoms. The Bertz CT molecular complexity index is 5560. The Hall–Kier alpha value is -11.7. The van der Waals surface area contributed by atoms with Gasteiger partial charge in [0.05, 0.1) is 35.1 Å². The van der Waals surface area contributed by atoms with Crippen LogP contribution in [0.25, 0.3) is 85.9 Å². The van der Waals surface area contributed by atoms with E-state index in [0.29, 0.717) is 72.2 Å². The number of allylic oxidation sites excluding steroid dienone is 3. The van der Waals surface area contributed by atoms with Gasteiger partial charge in [0, 0.05) is 62.3 Å². The number of nitrogens with two attached hydrogens (primary N) is 5. The Balaban J connectivity index is 0.000000113. The predicted octanol–water partition coefficient (Wildman–Crippen LogP) is 15.7.